The summed E-state index contributed by atoms with van der Waals surface area (Å²) in [6.45, 7) is -0.0159. The predicted molar refractivity (Wildman–Crippen MR) is 108 cm³/mol. The summed E-state index contributed by atoms with van der Waals surface area (Å²) in [6.07, 6.45) is 1.31. The van der Waals surface area contributed by atoms with Crippen molar-refractivity contribution in [2.45, 2.75) is 19.1 Å². The van der Waals surface area contributed by atoms with Crippen LogP contribution in [-0.4, -0.2) is 37.2 Å². The summed E-state index contributed by atoms with van der Waals surface area (Å²) in [5, 5.41) is 3.50. The number of methoxy groups -OCH3 is 2. The van der Waals surface area contributed by atoms with Gasteiger partial charge in [-0.25, -0.2) is 4.79 Å². The Bertz CT molecular complexity index is 992. The highest BCUT2D eigenvalue weighted by molar-refractivity contribution is 5.87. The Kier molecular flexibility index (Phi) is 6.23. The Morgan fingerprint density at radius 2 is 1.79 bits per heavy atom. The van der Waals surface area contributed by atoms with Gasteiger partial charge in [0.15, 0.2) is 0 Å². The van der Waals surface area contributed by atoms with Gasteiger partial charge in [0.2, 0.25) is 5.91 Å². The van der Waals surface area contributed by atoms with Crippen LogP contribution in [0.5, 0.6) is 11.5 Å². The van der Waals surface area contributed by atoms with E-state index in [1.165, 1.54) is 14.2 Å². The van der Waals surface area contributed by atoms with E-state index in [4.69, 9.17) is 19.9 Å². The quantitative estimate of drug-likeness (QED) is 0.540. The third-order valence-electron chi connectivity index (χ3n) is 4.52. The molecule has 0 aliphatic rings. The van der Waals surface area contributed by atoms with Gasteiger partial charge in [0.25, 0.3) is 0 Å². The zero-order valence-corrected chi connectivity index (χ0v) is 16.2. The molecule has 1 unspecified atom stereocenters. The SMILES string of the molecule is COc1cc(COC(=O)NC(Cc2c[nH]c3ccccc23)C(N)=O)cc(OC)c1. The van der Waals surface area contributed by atoms with Crippen molar-refractivity contribution < 1.29 is 23.8 Å². The Morgan fingerprint density at radius 3 is 2.45 bits per heavy atom. The zero-order chi connectivity index (χ0) is 20.8. The number of H-pyrrole nitrogens is 1. The van der Waals surface area contributed by atoms with E-state index in [-0.39, 0.29) is 13.0 Å². The van der Waals surface area contributed by atoms with E-state index >= 15 is 0 Å². The molecule has 8 heteroatoms. The van der Waals surface area contributed by atoms with E-state index in [0.29, 0.717) is 17.1 Å². The monoisotopic (exact) mass is 397 g/mol. The molecule has 152 valence electrons. The number of primary amides is 1. The Morgan fingerprint density at radius 1 is 1.10 bits per heavy atom. The van der Waals surface area contributed by atoms with E-state index in [1.54, 1.807) is 24.4 Å². The van der Waals surface area contributed by atoms with Crippen LogP contribution in [0.3, 0.4) is 0 Å². The minimum absolute atomic E-state index is 0.0159. The molecular weight excluding hydrogens is 374 g/mol. The van der Waals surface area contributed by atoms with Crippen molar-refractivity contribution in [1.29, 1.82) is 0 Å². The number of carbonyl (C=O) groups is 2. The van der Waals surface area contributed by atoms with Crippen molar-refractivity contribution in [1.82, 2.24) is 10.3 Å². The number of alkyl carbamates (subject to hydrolysis) is 1. The number of nitrogens with one attached hydrogen (secondary N) is 2. The van der Waals surface area contributed by atoms with E-state index in [9.17, 15) is 9.59 Å². The lowest BCUT2D eigenvalue weighted by atomic mass is 10.0. The average molecular weight is 397 g/mol. The molecule has 0 spiro atoms. The van der Waals surface area contributed by atoms with Crippen LogP contribution in [0.4, 0.5) is 4.79 Å². The van der Waals surface area contributed by atoms with Gasteiger partial charge in [-0.2, -0.15) is 0 Å². The van der Waals surface area contributed by atoms with Gasteiger partial charge < -0.3 is 30.2 Å². The molecule has 3 aromatic rings. The normalized spacial score (nSPS) is 11.7. The Hall–Kier alpha value is -3.68. The second kappa shape index (κ2) is 9.01. The third-order valence-corrected chi connectivity index (χ3v) is 4.52. The highest BCUT2D eigenvalue weighted by atomic mass is 16.5. The van der Waals surface area contributed by atoms with Crippen LogP contribution in [-0.2, 0) is 22.6 Å². The van der Waals surface area contributed by atoms with Crippen molar-refractivity contribution in [2.75, 3.05) is 14.2 Å². The van der Waals surface area contributed by atoms with Gasteiger partial charge in [0.1, 0.15) is 24.1 Å². The molecule has 0 aliphatic carbocycles. The van der Waals surface area contributed by atoms with Crippen LogP contribution in [0.25, 0.3) is 10.9 Å². The number of aromatic nitrogens is 1. The van der Waals surface area contributed by atoms with Gasteiger partial charge in [-0.05, 0) is 29.3 Å². The first-order valence-corrected chi connectivity index (χ1v) is 8.99. The number of amides is 2. The largest absolute Gasteiger partial charge is 0.497 e. The standard InChI is InChI=1S/C21H23N3O5/c1-27-15-7-13(8-16(10-15)28-2)12-29-21(26)24-19(20(22)25)9-14-11-23-18-6-4-3-5-17(14)18/h3-8,10-11,19,23H,9,12H2,1-2H3,(H2,22,25)(H,24,26). The van der Waals surface area contributed by atoms with Crippen molar-refractivity contribution in [3.05, 3.63) is 59.8 Å². The van der Waals surface area contributed by atoms with Gasteiger partial charge >= 0.3 is 6.09 Å². The van der Waals surface area contributed by atoms with Crippen LogP contribution in [0.15, 0.2) is 48.7 Å². The fraction of sp³-hybridized carbons (Fsp3) is 0.238. The number of ether oxygens (including phenoxy) is 3. The minimum atomic E-state index is -0.901. The molecular formula is C21H23N3O5. The van der Waals surface area contributed by atoms with Crippen LogP contribution in [0.2, 0.25) is 0 Å². The van der Waals surface area contributed by atoms with E-state index in [2.05, 4.69) is 10.3 Å². The first-order chi connectivity index (χ1) is 14.0. The topological polar surface area (TPSA) is 116 Å². The number of fused-ring (bicyclic) bond motifs is 1. The molecule has 2 amide bonds. The second-order valence-corrected chi connectivity index (χ2v) is 6.46. The molecule has 4 N–H and O–H groups in total. The molecule has 1 atom stereocenters. The molecule has 1 aromatic heterocycles. The lowest BCUT2D eigenvalue weighted by Gasteiger charge is -2.15. The minimum Gasteiger partial charge on any atom is -0.497 e. The third kappa shape index (κ3) is 4.98. The maximum atomic E-state index is 12.2. The maximum Gasteiger partial charge on any atom is 0.408 e. The summed E-state index contributed by atoms with van der Waals surface area (Å²) in [4.78, 5) is 27.2. The average Bonchev–Trinajstić information content (AvgIpc) is 3.14. The molecule has 0 radical (unpaired) electrons. The zero-order valence-electron chi connectivity index (χ0n) is 16.2. The number of hydrogen-bond acceptors (Lipinski definition) is 5. The highest BCUT2D eigenvalue weighted by Crippen LogP contribution is 2.23. The van der Waals surface area contributed by atoms with Crippen LogP contribution in [0, 0.1) is 0 Å². The molecule has 2 aromatic carbocycles. The maximum absolute atomic E-state index is 12.2. The Balaban J connectivity index is 1.63. The summed E-state index contributed by atoms with van der Waals surface area (Å²) in [7, 11) is 3.07. The summed E-state index contributed by atoms with van der Waals surface area (Å²) >= 11 is 0. The lowest BCUT2D eigenvalue weighted by Crippen LogP contribution is -2.46. The smallest absolute Gasteiger partial charge is 0.408 e. The first kappa shape index (κ1) is 20.1. The predicted octanol–water partition coefficient (Wildman–Crippen LogP) is 2.51. The fourth-order valence-corrected chi connectivity index (χ4v) is 3.03. The van der Waals surface area contributed by atoms with Crippen LogP contribution < -0.4 is 20.5 Å². The molecule has 0 aliphatic heterocycles. The van der Waals surface area contributed by atoms with Gasteiger partial charge in [0, 0.05) is 29.6 Å². The molecule has 0 saturated heterocycles. The number of aromatic amines is 1. The van der Waals surface area contributed by atoms with Gasteiger partial charge in [0.05, 0.1) is 14.2 Å². The summed E-state index contributed by atoms with van der Waals surface area (Å²) in [5.74, 6) is 0.519. The molecule has 0 bridgehead atoms. The van der Waals surface area contributed by atoms with Crippen molar-refractivity contribution in [2.24, 2.45) is 5.73 Å². The Labute approximate surface area is 167 Å². The number of rotatable bonds is 8. The number of hydrogen-bond donors (Lipinski definition) is 3. The first-order valence-electron chi connectivity index (χ1n) is 8.99. The van der Waals surface area contributed by atoms with Crippen LogP contribution in [0.1, 0.15) is 11.1 Å². The lowest BCUT2D eigenvalue weighted by molar-refractivity contribution is -0.119. The molecule has 29 heavy (non-hydrogen) atoms. The van der Waals surface area contributed by atoms with Gasteiger partial charge in [-0.3, -0.25) is 4.79 Å². The van der Waals surface area contributed by atoms with E-state index in [0.717, 1.165) is 16.5 Å². The molecule has 0 fully saturated rings. The van der Waals surface area contributed by atoms with Crippen molar-refractivity contribution in [3.63, 3.8) is 0 Å². The molecule has 0 saturated carbocycles. The summed E-state index contributed by atoms with van der Waals surface area (Å²) in [6, 6.07) is 12.0. The molecule has 8 nitrogen and oxygen atoms in total. The summed E-state index contributed by atoms with van der Waals surface area (Å²) in [5.41, 5.74) is 7.98. The summed E-state index contributed by atoms with van der Waals surface area (Å²) < 4.78 is 15.6. The number of nitrogens with two attached hydrogens (primary N) is 1. The van der Waals surface area contributed by atoms with E-state index in [1.807, 2.05) is 24.3 Å². The van der Waals surface area contributed by atoms with Crippen molar-refractivity contribution in [3.8, 4) is 11.5 Å². The number of para-hydroxylation sites is 1. The van der Waals surface area contributed by atoms with Gasteiger partial charge in [-0.15, -0.1) is 0 Å². The van der Waals surface area contributed by atoms with Crippen LogP contribution >= 0.6 is 0 Å². The van der Waals surface area contributed by atoms with E-state index < -0.39 is 18.0 Å². The second-order valence-electron chi connectivity index (χ2n) is 6.46. The molecule has 1 heterocycles. The molecule has 3 rings (SSSR count). The highest BCUT2D eigenvalue weighted by Gasteiger charge is 2.21. The van der Waals surface area contributed by atoms with Crippen molar-refractivity contribution >= 4 is 22.9 Å². The number of carbonyl (C=O) groups excluding carboxylic acids is 2. The fourth-order valence-electron chi connectivity index (χ4n) is 3.03. The number of benzene rings is 2. The van der Waals surface area contributed by atoms with Gasteiger partial charge in [-0.1, -0.05) is 18.2 Å².